The van der Waals surface area contributed by atoms with Crippen LogP contribution in [0.15, 0.2) is 18.2 Å². The van der Waals surface area contributed by atoms with Gasteiger partial charge in [0, 0.05) is 24.4 Å². The molecule has 1 aliphatic rings. The molecule has 1 fully saturated rings. The van der Waals surface area contributed by atoms with Crippen LogP contribution in [0.1, 0.15) is 52.1 Å². The Balaban J connectivity index is 1.93. The molecule has 1 atom stereocenters. The molecule has 0 bridgehead atoms. The fourth-order valence-electron chi connectivity index (χ4n) is 3.36. The van der Waals surface area contributed by atoms with Crippen molar-refractivity contribution in [2.45, 2.75) is 46.6 Å². The third kappa shape index (κ3) is 5.15. The average Bonchev–Trinajstić information content (AvgIpc) is 2.66. The number of rotatable bonds is 5. The van der Waals surface area contributed by atoms with Crippen molar-refractivity contribution in [1.29, 1.82) is 0 Å². The van der Waals surface area contributed by atoms with Gasteiger partial charge in [-0.3, -0.25) is 9.59 Å². The molecular weight excluding hydrogens is 344 g/mol. The number of ether oxygens (including phenoxy) is 2. The van der Waals surface area contributed by atoms with Gasteiger partial charge < -0.3 is 19.7 Å². The summed E-state index contributed by atoms with van der Waals surface area (Å²) in [6.45, 7) is 9.02. The minimum atomic E-state index is -0.378. The Morgan fingerprint density at radius 1 is 1.11 bits per heavy atom. The van der Waals surface area contributed by atoms with E-state index in [2.05, 4.69) is 5.32 Å². The lowest BCUT2D eigenvalue weighted by molar-refractivity contribution is -0.142. The second kappa shape index (κ2) is 8.63. The van der Waals surface area contributed by atoms with Crippen molar-refractivity contribution in [3.05, 3.63) is 23.8 Å². The molecule has 0 spiro atoms. The van der Waals surface area contributed by atoms with Crippen LogP contribution in [-0.4, -0.2) is 44.0 Å². The van der Waals surface area contributed by atoms with Crippen molar-refractivity contribution in [1.82, 2.24) is 10.2 Å². The summed E-state index contributed by atoms with van der Waals surface area (Å²) in [5, 5.41) is 3.09. The molecule has 0 aromatic heterocycles. The van der Waals surface area contributed by atoms with Crippen molar-refractivity contribution in [3.8, 4) is 11.5 Å². The molecule has 1 aromatic carbocycles. The number of hydrogen-bond acceptors (Lipinski definition) is 4. The molecule has 6 heteroatoms. The summed E-state index contributed by atoms with van der Waals surface area (Å²) in [4.78, 5) is 26.9. The summed E-state index contributed by atoms with van der Waals surface area (Å²) in [6, 6.07) is 5.52. The van der Waals surface area contributed by atoms with Gasteiger partial charge in [-0.05, 0) is 37.5 Å². The molecule has 1 N–H and O–H groups in total. The number of nitrogens with one attached hydrogen (secondary N) is 1. The maximum absolute atomic E-state index is 12.7. The first-order valence-electron chi connectivity index (χ1n) is 9.49. The van der Waals surface area contributed by atoms with Crippen LogP contribution in [0.2, 0.25) is 0 Å². The zero-order chi connectivity index (χ0) is 20.2. The monoisotopic (exact) mass is 376 g/mol. The molecule has 150 valence electrons. The molecule has 0 aliphatic carbocycles. The highest BCUT2D eigenvalue weighted by Gasteiger charge is 2.32. The van der Waals surface area contributed by atoms with Gasteiger partial charge in [0.25, 0.3) is 0 Å². The second-order valence-corrected chi connectivity index (χ2v) is 8.16. The predicted octanol–water partition coefficient (Wildman–Crippen LogP) is 3.17. The molecule has 1 unspecified atom stereocenters. The molecule has 1 saturated heterocycles. The fourth-order valence-corrected chi connectivity index (χ4v) is 3.36. The molecule has 27 heavy (non-hydrogen) atoms. The van der Waals surface area contributed by atoms with Gasteiger partial charge in [-0.15, -0.1) is 0 Å². The van der Waals surface area contributed by atoms with E-state index in [0.717, 1.165) is 5.56 Å². The van der Waals surface area contributed by atoms with Crippen LogP contribution in [0.3, 0.4) is 0 Å². The SMILES string of the molecule is COc1ccc(C(C)NC(=O)C2CCN(C(=O)C(C)(C)C)CC2)cc1OC. The van der Waals surface area contributed by atoms with E-state index in [9.17, 15) is 9.59 Å². The normalized spacial score (nSPS) is 16.6. The number of likely N-dealkylation sites (tertiary alicyclic amines) is 1. The Morgan fingerprint density at radius 3 is 2.22 bits per heavy atom. The largest absolute Gasteiger partial charge is 0.493 e. The van der Waals surface area contributed by atoms with Crippen LogP contribution in [0, 0.1) is 11.3 Å². The van der Waals surface area contributed by atoms with Crippen LogP contribution >= 0.6 is 0 Å². The van der Waals surface area contributed by atoms with Gasteiger partial charge in [0.1, 0.15) is 0 Å². The van der Waals surface area contributed by atoms with Crippen LogP contribution < -0.4 is 14.8 Å². The smallest absolute Gasteiger partial charge is 0.227 e. The van der Waals surface area contributed by atoms with E-state index < -0.39 is 0 Å². The van der Waals surface area contributed by atoms with E-state index in [1.54, 1.807) is 14.2 Å². The fraction of sp³-hybridized carbons (Fsp3) is 0.619. The summed E-state index contributed by atoms with van der Waals surface area (Å²) >= 11 is 0. The van der Waals surface area contributed by atoms with Crippen molar-refractivity contribution in [3.63, 3.8) is 0 Å². The van der Waals surface area contributed by atoms with Crippen LogP contribution in [0.25, 0.3) is 0 Å². The standard InChI is InChI=1S/C21H32N2O4/c1-14(16-7-8-17(26-5)18(13-16)27-6)22-19(24)15-9-11-23(12-10-15)20(25)21(2,3)4/h7-8,13-15H,9-12H2,1-6H3,(H,22,24). The van der Waals surface area contributed by atoms with E-state index in [0.29, 0.717) is 37.4 Å². The average molecular weight is 376 g/mol. The number of methoxy groups -OCH3 is 2. The van der Waals surface area contributed by atoms with Gasteiger partial charge in [-0.2, -0.15) is 0 Å². The topological polar surface area (TPSA) is 67.9 Å². The number of carbonyl (C=O) groups excluding carboxylic acids is 2. The van der Waals surface area contributed by atoms with Crippen LogP contribution in [0.4, 0.5) is 0 Å². The van der Waals surface area contributed by atoms with Crippen molar-refractivity contribution < 1.29 is 19.1 Å². The zero-order valence-electron chi connectivity index (χ0n) is 17.3. The van der Waals surface area contributed by atoms with Crippen LogP contribution in [-0.2, 0) is 9.59 Å². The summed E-state index contributed by atoms with van der Waals surface area (Å²) < 4.78 is 10.6. The lowest BCUT2D eigenvalue weighted by Gasteiger charge is -2.35. The lowest BCUT2D eigenvalue weighted by atomic mass is 9.90. The first-order valence-corrected chi connectivity index (χ1v) is 9.49. The number of piperidine rings is 1. The molecule has 1 heterocycles. The van der Waals surface area contributed by atoms with E-state index in [1.807, 2.05) is 50.8 Å². The minimum Gasteiger partial charge on any atom is -0.493 e. The van der Waals surface area contributed by atoms with Gasteiger partial charge in [0.2, 0.25) is 11.8 Å². The zero-order valence-corrected chi connectivity index (χ0v) is 17.3. The van der Waals surface area contributed by atoms with Gasteiger partial charge in [-0.25, -0.2) is 0 Å². The number of nitrogens with zero attached hydrogens (tertiary/aromatic N) is 1. The second-order valence-electron chi connectivity index (χ2n) is 8.16. The molecular formula is C21H32N2O4. The minimum absolute atomic E-state index is 0.0418. The van der Waals surface area contributed by atoms with Gasteiger partial charge >= 0.3 is 0 Å². The number of hydrogen-bond donors (Lipinski definition) is 1. The Hall–Kier alpha value is -2.24. The van der Waals surface area contributed by atoms with Crippen molar-refractivity contribution >= 4 is 11.8 Å². The third-order valence-electron chi connectivity index (χ3n) is 5.06. The van der Waals surface area contributed by atoms with Gasteiger partial charge in [-0.1, -0.05) is 26.8 Å². The van der Waals surface area contributed by atoms with Crippen molar-refractivity contribution in [2.75, 3.05) is 27.3 Å². The van der Waals surface area contributed by atoms with E-state index in [1.165, 1.54) is 0 Å². The molecule has 0 saturated carbocycles. The third-order valence-corrected chi connectivity index (χ3v) is 5.06. The first-order chi connectivity index (χ1) is 12.7. The highest BCUT2D eigenvalue weighted by Crippen LogP contribution is 2.30. The maximum atomic E-state index is 12.7. The molecule has 1 aliphatic heterocycles. The van der Waals surface area contributed by atoms with Gasteiger partial charge in [0.05, 0.1) is 20.3 Å². The Morgan fingerprint density at radius 2 is 1.70 bits per heavy atom. The number of amides is 2. The number of benzene rings is 1. The maximum Gasteiger partial charge on any atom is 0.227 e. The van der Waals surface area contributed by atoms with Crippen molar-refractivity contribution in [2.24, 2.45) is 11.3 Å². The quantitative estimate of drug-likeness (QED) is 0.857. The highest BCUT2D eigenvalue weighted by atomic mass is 16.5. The van der Waals surface area contributed by atoms with E-state index >= 15 is 0 Å². The molecule has 2 amide bonds. The summed E-state index contributed by atoms with van der Waals surface area (Å²) in [6.07, 6.45) is 1.40. The summed E-state index contributed by atoms with van der Waals surface area (Å²) in [5.74, 6) is 1.44. The molecule has 2 rings (SSSR count). The Bertz CT molecular complexity index is 673. The van der Waals surface area contributed by atoms with E-state index in [4.69, 9.17) is 9.47 Å². The predicted molar refractivity (Wildman–Crippen MR) is 105 cm³/mol. The Labute approximate surface area is 162 Å². The highest BCUT2D eigenvalue weighted by molar-refractivity contribution is 5.83. The van der Waals surface area contributed by atoms with Crippen LogP contribution in [0.5, 0.6) is 11.5 Å². The molecule has 1 aromatic rings. The summed E-state index contributed by atoms with van der Waals surface area (Å²) in [7, 11) is 3.19. The number of carbonyl (C=O) groups is 2. The van der Waals surface area contributed by atoms with Gasteiger partial charge in [0.15, 0.2) is 11.5 Å². The first kappa shape index (κ1) is 21.1. The Kier molecular flexibility index (Phi) is 6.73. The van der Waals surface area contributed by atoms with E-state index in [-0.39, 0.29) is 29.2 Å². The molecule has 0 radical (unpaired) electrons. The lowest BCUT2D eigenvalue weighted by Crippen LogP contribution is -2.46. The summed E-state index contributed by atoms with van der Waals surface area (Å²) in [5.41, 5.74) is 0.582. The molecule has 6 nitrogen and oxygen atoms in total.